The maximum atomic E-state index is 12.1. The minimum atomic E-state index is -0.139. The topological polar surface area (TPSA) is 76.2 Å². The Hall–Kier alpha value is -2.15. The van der Waals surface area contributed by atoms with Crippen LogP contribution in [-0.2, 0) is 13.6 Å². The number of hydrogen-bond donors (Lipinski definition) is 1. The van der Waals surface area contributed by atoms with Gasteiger partial charge in [0.15, 0.2) is 0 Å². The van der Waals surface area contributed by atoms with Crippen LogP contribution in [0.2, 0.25) is 0 Å². The molecular weight excluding hydrogens is 318 g/mol. The number of likely N-dealkylation sites (tertiary alicyclic amines) is 1. The third kappa shape index (κ3) is 3.61. The molecular formula is C18H25N5O2. The quantitative estimate of drug-likeness (QED) is 0.898. The fraction of sp³-hybridized carbons (Fsp3) is 0.611. The molecule has 0 radical (unpaired) electrons. The first-order chi connectivity index (χ1) is 12.1. The number of nitrogens with zero attached hydrogens (tertiary/aromatic N) is 4. The van der Waals surface area contributed by atoms with Crippen LogP contribution in [0, 0.1) is 6.92 Å². The number of amides is 1. The highest BCUT2D eigenvalue weighted by Crippen LogP contribution is 2.28. The lowest BCUT2D eigenvalue weighted by molar-refractivity contribution is 0.0914. The molecule has 1 aliphatic carbocycles. The molecule has 1 N–H and O–H groups in total. The Labute approximate surface area is 147 Å². The van der Waals surface area contributed by atoms with Crippen LogP contribution in [0.5, 0.6) is 0 Å². The first-order valence-corrected chi connectivity index (χ1v) is 9.07. The van der Waals surface area contributed by atoms with Crippen molar-refractivity contribution in [1.29, 1.82) is 0 Å². The number of aryl methyl sites for hydroxylation is 1. The third-order valence-electron chi connectivity index (χ3n) is 5.32. The normalized spacial score (nSPS) is 21.4. The van der Waals surface area contributed by atoms with E-state index >= 15 is 0 Å². The van der Waals surface area contributed by atoms with Crippen LogP contribution in [0.25, 0.3) is 0 Å². The van der Waals surface area contributed by atoms with Crippen molar-refractivity contribution in [2.75, 3.05) is 13.1 Å². The molecule has 0 unspecified atom stereocenters. The minimum absolute atomic E-state index is 0.139. The number of aromatic nitrogens is 3. The number of carbonyl (C=O) groups is 1. The van der Waals surface area contributed by atoms with E-state index in [0.29, 0.717) is 17.7 Å². The molecule has 1 saturated heterocycles. The Balaban J connectivity index is 1.40. The Morgan fingerprint density at radius 1 is 1.40 bits per heavy atom. The van der Waals surface area contributed by atoms with E-state index < -0.39 is 0 Å². The summed E-state index contributed by atoms with van der Waals surface area (Å²) in [6, 6.07) is 2.15. The van der Waals surface area contributed by atoms with Gasteiger partial charge >= 0.3 is 0 Å². The van der Waals surface area contributed by atoms with Crippen LogP contribution in [0.3, 0.4) is 0 Å². The van der Waals surface area contributed by atoms with E-state index in [9.17, 15) is 4.79 Å². The molecule has 134 valence electrons. The van der Waals surface area contributed by atoms with Crippen molar-refractivity contribution >= 4 is 5.91 Å². The first kappa shape index (κ1) is 16.3. The third-order valence-corrected chi connectivity index (χ3v) is 5.32. The fourth-order valence-electron chi connectivity index (χ4n) is 3.45. The summed E-state index contributed by atoms with van der Waals surface area (Å²) < 4.78 is 7.21. The van der Waals surface area contributed by atoms with E-state index in [1.165, 1.54) is 11.3 Å². The lowest BCUT2D eigenvalue weighted by Gasteiger charge is -2.31. The summed E-state index contributed by atoms with van der Waals surface area (Å²) in [5, 5.41) is 11.4. The van der Waals surface area contributed by atoms with Crippen molar-refractivity contribution in [1.82, 2.24) is 25.2 Å². The molecule has 1 aliphatic heterocycles. The van der Waals surface area contributed by atoms with Crippen molar-refractivity contribution in [2.24, 2.45) is 7.05 Å². The van der Waals surface area contributed by atoms with Gasteiger partial charge in [-0.05, 0) is 39.2 Å². The summed E-state index contributed by atoms with van der Waals surface area (Å²) in [5.74, 6) is 0.513. The van der Waals surface area contributed by atoms with Gasteiger partial charge in [-0.25, -0.2) is 0 Å². The van der Waals surface area contributed by atoms with Gasteiger partial charge in [-0.15, -0.1) is 0 Å². The Bertz CT molecular complexity index is 761. The monoisotopic (exact) mass is 343 g/mol. The zero-order valence-corrected chi connectivity index (χ0v) is 14.9. The molecule has 0 spiro atoms. The van der Waals surface area contributed by atoms with Crippen molar-refractivity contribution in [3.05, 3.63) is 35.0 Å². The summed E-state index contributed by atoms with van der Waals surface area (Å²) in [5.41, 5.74) is 3.38. The van der Waals surface area contributed by atoms with Crippen molar-refractivity contribution in [2.45, 2.75) is 51.1 Å². The summed E-state index contributed by atoms with van der Waals surface area (Å²) >= 11 is 0. The largest absolute Gasteiger partial charge is 0.351 e. The molecule has 2 fully saturated rings. The van der Waals surface area contributed by atoms with E-state index in [0.717, 1.165) is 51.0 Å². The average molecular weight is 343 g/mol. The highest BCUT2D eigenvalue weighted by Gasteiger charge is 2.28. The predicted octanol–water partition coefficient (Wildman–Crippen LogP) is 1.99. The van der Waals surface area contributed by atoms with Crippen LogP contribution in [0.15, 0.2) is 16.8 Å². The van der Waals surface area contributed by atoms with E-state index in [2.05, 4.69) is 27.4 Å². The molecule has 1 saturated carbocycles. The van der Waals surface area contributed by atoms with Gasteiger partial charge in [-0.2, -0.15) is 5.10 Å². The molecule has 1 atom stereocenters. The van der Waals surface area contributed by atoms with E-state index in [1.54, 1.807) is 0 Å². The molecule has 0 bridgehead atoms. The average Bonchev–Trinajstić information content (AvgIpc) is 3.18. The lowest BCUT2D eigenvalue weighted by Crippen LogP contribution is -2.34. The number of carbonyl (C=O) groups excluding carboxylic acids is 1. The molecule has 2 aliphatic rings. The molecule has 3 heterocycles. The van der Waals surface area contributed by atoms with Gasteiger partial charge in [0.25, 0.3) is 5.91 Å². The van der Waals surface area contributed by atoms with Crippen LogP contribution >= 0.6 is 0 Å². The van der Waals surface area contributed by atoms with Crippen LogP contribution in [0.4, 0.5) is 0 Å². The van der Waals surface area contributed by atoms with Crippen molar-refractivity contribution in [3.63, 3.8) is 0 Å². The van der Waals surface area contributed by atoms with Gasteiger partial charge < -0.3 is 9.84 Å². The smallest absolute Gasteiger partial charge is 0.290 e. The highest BCUT2D eigenvalue weighted by atomic mass is 16.5. The second kappa shape index (κ2) is 6.63. The fourth-order valence-corrected chi connectivity index (χ4v) is 3.45. The maximum Gasteiger partial charge on any atom is 0.290 e. The number of nitrogens with one attached hydrogen (secondary N) is 1. The van der Waals surface area contributed by atoms with Gasteiger partial charge in [-0.1, -0.05) is 5.16 Å². The van der Waals surface area contributed by atoms with Crippen molar-refractivity contribution < 1.29 is 9.32 Å². The summed E-state index contributed by atoms with van der Waals surface area (Å²) in [6.45, 7) is 5.03. The Morgan fingerprint density at radius 2 is 2.24 bits per heavy atom. The first-order valence-electron chi connectivity index (χ1n) is 9.07. The predicted molar refractivity (Wildman–Crippen MR) is 92.2 cm³/mol. The molecule has 0 aromatic carbocycles. The molecule has 4 rings (SSSR count). The van der Waals surface area contributed by atoms with Crippen LogP contribution in [-0.4, -0.2) is 44.9 Å². The van der Waals surface area contributed by atoms with E-state index in [4.69, 9.17) is 4.52 Å². The molecule has 7 heteroatoms. The van der Waals surface area contributed by atoms with E-state index in [1.807, 2.05) is 24.0 Å². The second-order valence-corrected chi connectivity index (χ2v) is 7.32. The van der Waals surface area contributed by atoms with Gasteiger partial charge in [0, 0.05) is 49.4 Å². The van der Waals surface area contributed by atoms with Gasteiger partial charge in [0.1, 0.15) is 0 Å². The number of rotatable bonds is 5. The highest BCUT2D eigenvalue weighted by molar-refractivity contribution is 5.91. The van der Waals surface area contributed by atoms with Gasteiger partial charge in [0.2, 0.25) is 5.76 Å². The molecule has 7 nitrogen and oxygen atoms in total. The summed E-state index contributed by atoms with van der Waals surface area (Å²) in [4.78, 5) is 14.5. The van der Waals surface area contributed by atoms with Gasteiger partial charge in [0.05, 0.1) is 11.9 Å². The van der Waals surface area contributed by atoms with Crippen LogP contribution < -0.4 is 5.32 Å². The van der Waals surface area contributed by atoms with Gasteiger partial charge in [-0.3, -0.25) is 14.4 Å². The molecule has 25 heavy (non-hydrogen) atoms. The number of hydrogen-bond acceptors (Lipinski definition) is 5. The summed E-state index contributed by atoms with van der Waals surface area (Å²) in [7, 11) is 1.97. The summed E-state index contributed by atoms with van der Waals surface area (Å²) in [6.07, 6.45) is 6.30. The zero-order chi connectivity index (χ0) is 17.4. The molecule has 2 aromatic rings. The molecule has 1 amide bonds. The Morgan fingerprint density at radius 3 is 2.96 bits per heavy atom. The van der Waals surface area contributed by atoms with E-state index in [-0.39, 0.29) is 5.91 Å². The zero-order valence-electron chi connectivity index (χ0n) is 14.9. The number of piperidine rings is 1. The standard InChI is InChI=1S/C18H25N5O2/c1-12-14(9-19-22(12)2)11-23-7-3-4-13(10-23)16-8-17(25-21-16)18(24)20-15-5-6-15/h8-9,13,15H,3-7,10-11H2,1-2H3,(H,20,24)/t13-/m0/s1. The molecule has 2 aromatic heterocycles. The van der Waals surface area contributed by atoms with Crippen molar-refractivity contribution in [3.8, 4) is 0 Å². The minimum Gasteiger partial charge on any atom is -0.351 e. The lowest BCUT2D eigenvalue weighted by atomic mass is 9.94. The van der Waals surface area contributed by atoms with Crippen LogP contribution in [0.1, 0.15) is 59.1 Å². The Kier molecular flexibility index (Phi) is 4.33. The SMILES string of the molecule is Cc1c(CN2CCC[C@H](c3cc(C(=O)NC4CC4)on3)C2)cnn1C. The maximum absolute atomic E-state index is 12.1. The second-order valence-electron chi connectivity index (χ2n) is 7.32.